The first-order valence-corrected chi connectivity index (χ1v) is 11.5. The summed E-state index contributed by atoms with van der Waals surface area (Å²) >= 11 is 0. The summed E-state index contributed by atoms with van der Waals surface area (Å²) in [5.74, 6) is -0.891. The zero-order chi connectivity index (χ0) is 23.5. The van der Waals surface area contributed by atoms with Gasteiger partial charge in [0.2, 0.25) is 11.8 Å². The summed E-state index contributed by atoms with van der Waals surface area (Å²) in [6.45, 7) is 2.89. The van der Waals surface area contributed by atoms with Crippen LogP contribution in [0.2, 0.25) is 0 Å². The third-order valence-corrected chi connectivity index (χ3v) is 5.60. The van der Waals surface area contributed by atoms with Gasteiger partial charge in [-0.2, -0.15) is 0 Å². The lowest BCUT2D eigenvalue weighted by Gasteiger charge is -2.31. The van der Waals surface area contributed by atoms with E-state index >= 15 is 0 Å². The third kappa shape index (κ3) is 7.28. The fourth-order valence-corrected chi connectivity index (χ4v) is 3.75. The van der Waals surface area contributed by atoms with Crippen molar-refractivity contribution >= 4 is 11.8 Å². The van der Waals surface area contributed by atoms with Crippen LogP contribution in [0.15, 0.2) is 84.9 Å². The zero-order valence-corrected chi connectivity index (χ0v) is 19.0. The topological polar surface area (TPSA) is 49.4 Å². The third-order valence-electron chi connectivity index (χ3n) is 5.60. The average Bonchev–Trinajstić information content (AvgIpc) is 2.84. The maximum absolute atomic E-state index is 14.3. The smallest absolute Gasteiger partial charge is 0.243 e. The van der Waals surface area contributed by atoms with Gasteiger partial charge in [0.15, 0.2) is 0 Å². The van der Waals surface area contributed by atoms with E-state index in [4.69, 9.17) is 0 Å². The van der Waals surface area contributed by atoms with Gasteiger partial charge < -0.3 is 10.2 Å². The Morgan fingerprint density at radius 1 is 0.879 bits per heavy atom. The maximum Gasteiger partial charge on any atom is 0.243 e. The molecule has 0 saturated heterocycles. The van der Waals surface area contributed by atoms with Crippen LogP contribution in [0.1, 0.15) is 36.5 Å². The summed E-state index contributed by atoms with van der Waals surface area (Å²) < 4.78 is 14.3. The Kier molecular flexibility index (Phi) is 9.19. The Labute approximate surface area is 195 Å². The van der Waals surface area contributed by atoms with Crippen molar-refractivity contribution in [1.82, 2.24) is 10.2 Å². The van der Waals surface area contributed by atoms with Crippen molar-refractivity contribution < 1.29 is 14.0 Å². The minimum Gasteiger partial charge on any atom is -0.354 e. The molecule has 0 aromatic heterocycles. The Hall–Kier alpha value is -3.47. The van der Waals surface area contributed by atoms with Gasteiger partial charge in [-0.3, -0.25) is 9.59 Å². The minimum atomic E-state index is -0.705. The Balaban J connectivity index is 1.92. The molecule has 172 valence electrons. The van der Waals surface area contributed by atoms with Crippen LogP contribution in [0.3, 0.4) is 0 Å². The monoisotopic (exact) mass is 446 g/mol. The van der Waals surface area contributed by atoms with E-state index in [0.717, 1.165) is 24.0 Å². The van der Waals surface area contributed by atoms with E-state index in [1.807, 2.05) is 60.7 Å². The van der Waals surface area contributed by atoms with Crippen molar-refractivity contribution in [2.45, 2.75) is 45.2 Å². The van der Waals surface area contributed by atoms with Crippen LogP contribution >= 0.6 is 0 Å². The molecular weight excluding hydrogens is 415 g/mol. The van der Waals surface area contributed by atoms with E-state index in [9.17, 15) is 14.0 Å². The van der Waals surface area contributed by atoms with Gasteiger partial charge in [0.25, 0.3) is 0 Å². The summed E-state index contributed by atoms with van der Waals surface area (Å²) in [5.41, 5.74) is 2.20. The lowest BCUT2D eigenvalue weighted by atomic mass is 10.0. The van der Waals surface area contributed by atoms with Crippen LogP contribution in [0.4, 0.5) is 4.39 Å². The highest BCUT2D eigenvalue weighted by Crippen LogP contribution is 2.17. The second-order valence-corrected chi connectivity index (χ2v) is 8.13. The molecule has 3 aromatic carbocycles. The first-order valence-electron chi connectivity index (χ1n) is 11.5. The second kappa shape index (κ2) is 12.5. The van der Waals surface area contributed by atoms with E-state index in [2.05, 4.69) is 12.2 Å². The number of amides is 2. The summed E-state index contributed by atoms with van der Waals surface area (Å²) in [7, 11) is 0. The lowest BCUT2D eigenvalue weighted by molar-refractivity contribution is -0.140. The van der Waals surface area contributed by atoms with Crippen LogP contribution in [0.5, 0.6) is 0 Å². The number of hydrogen-bond acceptors (Lipinski definition) is 2. The van der Waals surface area contributed by atoms with Crippen LogP contribution in [0.25, 0.3) is 0 Å². The highest BCUT2D eigenvalue weighted by atomic mass is 19.1. The van der Waals surface area contributed by atoms with E-state index < -0.39 is 11.9 Å². The zero-order valence-electron chi connectivity index (χ0n) is 19.0. The molecule has 3 aromatic rings. The lowest BCUT2D eigenvalue weighted by Crippen LogP contribution is -2.51. The number of rotatable bonds is 11. The highest BCUT2D eigenvalue weighted by molar-refractivity contribution is 5.88. The number of nitrogens with one attached hydrogen (secondary N) is 1. The summed E-state index contributed by atoms with van der Waals surface area (Å²) in [4.78, 5) is 28.4. The Bertz CT molecular complexity index is 1020. The van der Waals surface area contributed by atoms with Gasteiger partial charge in [0, 0.05) is 19.5 Å². The van der Waals surface area contributed by atoms with Crippen molar-refractivity contribution in [2.75, 3.05) is 6.54 Å². The van der Waals surface area contributed by atoms with Crippen molar-refractivity contribution in [3.8, 4) is 0 Å². The minimum absolute atomic E-state index is 0.104. The molecule has 0 unspecified atom stereocenters. The summed E-state index contributed by atoms with van der Waals surface area (Å²) in [6.07, 6.45) is 2.11. The van der Waals surface area contributed by atoms with E-state index in [1.54, 1.807) is 23.1 Å². The molecule has 5 heteroatoms. The molecule has 0 aliphatic rings. The number of nitrogens with zero attached hydrogens (tertiary/aromatic N) is 1. The molecule has 0 radical (unpaired) electrons. The molecule has 2 amide bonds. The quantitative estimate of drug-likeness (QED) is 0.425. The number of halogens is 1. The van der Waals surface area contributed by atoms with Gasteiger partial charge in [-0.05, 0) is 29.2 Å². The molecular formula is C28H31FN2O2. The standard InChI is InChI=1S/C28H31FN2O2/c1-2-3-18-30-28(33)26(19-22-12-6-4-7-13-22)31(21-23-14-8-5-9-15-23)27(32)20-24-16-10-11-17-25(24)29/h4-17,26H,2-3,18-21H2,1H3,(H,30,33)/t26-/m0/s1. The van der Waals surface area contributed by atoms with Gasteiger partial charge in [-0.25, -0.2) is 4.39 Å². The maximum atomic E-state index is 14.3. The van der Waals surface area contributed by atoms with Gasteiger partial charge in [0.05, 0.1) is 6.42 Å². The normalized spacial score (nSPS) is 11.6. The highest BCUT2D eigenvalue weighted by Gasteiger charge is 2.30. The van der Waals surface area contributed by atoms with E-state index in [0.29, 0.717) is 18.5 Å². The molecule has 0 spiro atoms. The van der Waals surface area contributed by atoms with Crippen molar-refractivity contribution in [3.05, 3.63) is 107 Å². The van der Waals surface area contributed by atoms with Crippen LogP contribution in [-0.2, 0) is 29.0 Å². The molecule has 1 atom stereocenters. The van der Waals surface area contributed by atoms with Crippen molar-refractivity contribution in [3.63, 3.8) is 0 Å². The fraction of sp³-hybridized carbons (Fsp3) is 0.286. The predicted octanol–water partition coefficient (Wildman–Crippen LogP) is 4.92. The molecule has 0 aliphatic heterocycles. The predicted molar refractivity (Wildman–Crippen MR) is 129 cm³/mol. The molecule has 0 saturated carbocycles. The molecule has 33 heavy (non-hydrogen) atoms. The van der Waals surface area contributed by atoms with Crippen molar-refractivity contribution in [1.29, 1.82) is 0 Å². The number of carbonyl (C=O) groups excluding carboxylic acids is 2. The molecule has 0 aliphatic carbocycles. The van der Waals surface area contributed by atoms with Gasteiger partial charge >= 0.3 is 0 Å². The average molecular weight is 447 g/mol. The first-order chi connectivity index (χ1) is 16.1. The fourth-order valence-electron chi connectivity index (χ4n) is 3.75. The second-order valence-electron chi connectivity index (χ2n) is 8.13. The van der Waals surface area contributed by atoms with E-state index in [1.165, 1.54) is 6.07 Å². The largest absolute Gasteiger partial charge is 0.354 e. The number of benzene rings is 3. The Morgan fingerprint density at radius 3 is 2.12 bits per heavy atom. The number of carbonyl (C=O) groups is 2. The molecule has 0 fully saturated rings. The first kappa shape index (κ1) is 24.2. The molecule has 4 nitrogen and oxygen atoms in total. The number of hydrogen-bond donors (Lipinski definition) is 1. The van der Waals surface area contributed by atoms with Crippen LogP contribution in [-0.4, -0.2) is 29.3 Å². The SMILES string of the molecule is CCCCNC(=O)[C@H](Cc1ccccc1)N(Cc1ccccc1)C(=O)Cc1ccccc1F. The van der Waals surface area contributed by atoms with Crippen LogP contribution in [0, 0.1) is 5.82 Å². The summed E-state index contributed by atoms with van der Waals surface area (Å²) in [5, 5.41) is 2.99. The molecule has 3 rings (SSSR count). The molecule has 1 N–H and O–H groups in total. The number of unbranched alkanes of at least 4 members (excludes halogenated alkanes) is 1. The Morgan fingerprint density at radius 2 is 1.48 bits per heavy atom. The summed E-state index contributed by atoms with van der Waals surface area (Å²) in [6, 6.07) is 24.8. The van der Waals surface area contributed by atoms with Crippen molar-refractivity contribution in [2.24, 2.45) is 0 Å². The van der Waals surface area contributed by atoms with Gasteiger partial charge in [0.1, 0.15) is 11.9 Å². The van der Waals surface area contributed by atoms with E-state index in [-0.39, 0.29) is 24.8 Å². The van der Waals surface area contributed by atoms with Crippen LogP contribution < -0.4 is 5.32 Å². The molecule has 0 heterocycles. The van der Waals surface area contributed by atoms with Gasteiger partial charge in [-0.15, -0.1) is 0 Å². The van der Waals surface area contributed by atoms with Gasteiger partial charge in [-0.1, -0.05) is 92.2 Å². The molecule has 0 bridgehead atoms.